The second kappa shape index (κ2) is 8.61. The summed E-state index contributed by atoms with van der Waals surface area (Å²) in [5, 5.41) is 0.611. The predicted octanol–water partition coefficient (Wildman–Crippen LogP) is 2.23. The van der Waals surface area contributed by atoms with Crippen LogP contribution in [0.3, 0.4) is 0 Å². The standard InChI is InChI=1S/C21H21ClN2O5/c22-15-5-7-16(8-6-15)27-14-20(25)23-9-11-24(12-10-23)21(26)19-13-28-17-3-1-2-4-18(17)29-19/h1-8,19H,9-14H2. The Morgan fingerprint density at radius 1 is 0.966 bits per heavy atom. The first-order valence-corrected chi connectivity index (χ1v) is 9.81. The average Bonchev–Trinajstić information content (AvgIpc) is 2.78. The third-order valence-electron chi connectivity index (χ3n) is 4.90. The highest BCUT2D eigenvalue weighted by Gasteiger charge is 2.33. The SMILES string of the molecule is O=C(COc1ccc(Cl)cc1)N1CCN(C(=O)C2COc3ccccc3O2)CC1. The number of hydrogen-bond acceptors (Lipinski definition) is 5. The zero-order chi connectivity index (χ0) is 20.2. The van der Waals surface area contributed by atoms with Crippen molar-refractivity contribution in [3.8, 4) is 17.2 Å². The Labute approximate surface area is 173 Å². The number of ether oxygens (including phenoxy) is 3. The highest BCUT2D eigenvalue weighted by Crippen LogP contribution is 2.31. The molecule has 2 aliphatic rings. The van der Waals surface area contributed by atoms with Crippen molar-refractivity contribution >= 4 is 23.4 Å². The fourth-order valence-electron chi connectivity index (χ4n) is 3.29. The van der Waals surface area contributed by atoms with E-state index in [4.69, 9.17) is 25.8 Å². The van der Waals surface area contributed by atoms with E-state index < -0.39 is 6.10 Å². The summed E-state index contributed by atoms with van der Waals surface area (Å²) in [4.78, 5) is 28.6. The van der Waals surface area contributed by atoms with Crippen molar-refractivity contribution in [1.82, 2.24) is 9.80 Å². The van der Waals surface area contributed by atoms with Crippen molar-refractivity contribution in [1.29, 1.82) is 0 Å². The molecule has 1 fully saturated rings. The molecule has 4 rings (SSSR count). The molecule has 0 aromatic heterocycles. The fraction of sp³-hybridized carbons (Fsp3) is 0.333. The number of benzene rings is 2. The van der Waals surface area contributed by atoms with E-state index in [1.165, 1.54) is 0 Å². The zero-order valence-electron chi connectivity index (χ0n) is 15.8. The Morgan fingerprint density at radius 2 is 1.62 bits per heavy atom. The van der Waals surface area contributed by atoms with E-state index in [1.54, 1.807) is 40.1 Å². The second-order valence-electron chi connectivity index (χ2n) is 6.81. The molecule has 1 unspecified atom stereocenters. The van der Waals surface area contributed by atoms with Crippen LogP contribution in [-0.4, -0.2) is 67.1 Å². The molecule has 152 valence electrons. The number of nitrogens with zero attached hydrogens (tertiary/aromatic N) is 2. The number of carbonyl (C=O) groups is 2. The van der Waals surface area contributed by atoms with Gasteiger partial charge in [0.2, 0.25) is 6.10 Å². The van der Waals surface area contributed by atoms with Crippen LogP contribution in [0.2, 0.25) is 5.02 Å². The van der Waals surface area contributed by atoms with Crippen LogP contribution in [0, 0.1) is 0 Å². The first kappa shape index (κ1) is 19.4. The van der Waals surface area contributed by atoms with Gasteiger partial charge in [0.15, 0.2) is 18.1 Å². The molecule has 2 aromatic rings. The van der Waals surface area contributed by atoms with Gasteiger partial charge in [0.1, 0.15) is 12.4 Å². The Hall–Kier alpha value is -2.93. The summed E-state index contributed by atoms with van der Waals surface area (Å²) in [5.41, 5.74) is 0. The average molecular weight is 417 g/mol. The van der Waals surface area contributed by atoms with E-state index in [1.807, 2.05) is 18.2 Å². The third-order valence-corrected chi connectivity index (χ3v) is 5.16. The topological polar surface area (TPSA) is 68.3 Å². The predicted molar refractivity (Wildman–Crippen MR) is 106 cm³/mol. The van der Waals surface area contributed by atoms with Gasteiger partial charge in [0, 0.05) is 31.2 Å². The lowest BCUT2D eigenvalue weighted by atomic mass is 10.2. The molecular weight excluding hydrogens is 396 g/mol. The van der Waals surface area contributed by atoms with Crippen molar-refractivity contribution in [2.75, 3.05) is 39.4 Å². The van der Waals surface area contributed by atoms with Gasteiger partial charge in [0.05, 0.1) is 0 Å². The normalized spacial score (nSPS) is 18.3. The fourth-order valence-corrected chi connectivity index (χ4v) is 3.41. The molecule has 2 amide bonds. The summed E-state index contributed by atoms with van der Waals surface area (Å²) in [6.45, 7) is 1.95. The van der Waals surface area contributed by atoms with Crippen LogP contribution in [0.15, 0.2) is 48.5 Å². The van der Waals surface area contributed by atoms with E-state index in [0.29, 0.717) is 48.5 Å². The van der Waals surface area contributed by atoms with Gasteiger partial charge in [-0.05, 0) is 36.4 Å². The number of halogens is 1. The minimum atomic E-state index is -0.666. The van der Waals surface area contributed by atoms with Gasteiger partial charge >= 0.3 is 0 Å². The third kappa shape index (κ3) is 4.56. The van der Waals surface area contributed by atoms with Crippen LogP contribution in [-0.2, 0) is 9.59 Å². The maximum Gasteiger partial charge on any atom is 0.267 e. The number of fused-ring (bicyclic) bond motifs is 1. The summed E-state index contributed by atoms with van der Waals surface area (Å²) in [6, 6.07) is 14.1. The molecule has 0 saturated carbocycles. The van der Waals surface area contributed by atoms with Crippen LogP contribution in [0.25, 0.3) is 0 Å². The van der Waals surface area contributed by atoms with Crippen LogP contribution in [0.5, 0.6) is 17.2 Å². The highest BCUT2D eigenvalue weighted by atomic mass is 35.5. The number of para-hydroxylation sites is 2. The van der Waals surface area contributed by atoms with Crippen molar-refractivity contribution in [3.05, 3.63) is 53.6 Å². The van der Waals surface area contributed by atoms with Gasteiger partial charge < -0.3 is 24.0 Å². The first-order chi connectivity index (χ1) is 14.1. The summed E-state index contributed by atoms with van der Waals surface area (Å²) in [6.07, 6.45) is -0.666. The minimum absolute atomic E-state index is 0.0497. The minimum Gasteiger partial charge on any atom is -0.485 e. The molecule has 0 spiro atoms. The van der Waals surface area contributed by atoms with Crippen molar-refractivity contribution in [3.63, 3.8) is 0 Å². The molecule has 0 radical (unpaired) electrons. The van der Waals surface area contributed by atoms with Crippen LogP contribution < -0.4 is 14.2 Å². The van der Waals surface area contributed by atoms with E-state index in [9.17, 15) is 9.59 Å². The summed E-state index contributed by atoms with van der Waals surface area (Å²) >= 11 is 5.84. The number of amides is 2. The lowest BCUT2D eigenvalue weighted by Gasteiger charge is -2.37. The molecule has 1 saturated heterocycles. The molecule has 0 aliphatic carbocycles. The Balaban J connectivity index is 1.25. The zero-order valence-corrected chi connectivity index (χ0v) is 16.5. The van der Waals surface area contributed by atoms with Crippen molar-refractivity contribution in [2.24, 2.45) is 0 Å². The molecule has 29 heavy (non-hydrogen) atoms. The maximum atomic E-state index is 12.8. The number of hydrogen-bond donors (Lipinski definition) is 0. The van der Waals surface area contributed by atoms with E-state index >= 15 is 0 Å². The molecule has 8 heteroatoms. The van der Waals surface area contributed by atoms with Crippen molar-refractivity contribution < 1.29 is 23.8 Å². The summed E-state index contributed by atoms with van der Waals surface area (Å²) in [5.74, 6) is 1.58. The van der Waals surface area contributed by atoms with Gasteiger partial charge in [-0.15, -0.1) is 0 Å². The summed E-state index contributed by atoms with van der Waals surface area (Å²) in [7, 11) is 0. The lowest BCUT2D eigenvalue weighted by Crippen LogP contribution is -2.55. The number of piperazine rings is 1. The van der Waals surface area contributed by atoms with E-state index in [0.717, 1.165) is 0 Å². The monoisotopic (exact) mass is 416 g/mol. The largest absolute Gasteiger partial charge is 0.485 e. The molecule has 2 heterocycles. The maximum absolute atomic E-state index is 12.8. The number of carbonyl (C=O) groups excluding carboxylic acids is 2. The molecule has 1 atom stereocenters. The molecule has 2 aliphatic heterocycles. The molecular formula is C21H21ClN2O5. The van der Waals surface area contributed by atoms with E-state index in [-0.39, 0.29) is 25.0 Å². The van der Waals surface area contributed by atoms with Gasteiger partial charge in [-0.3, -0.25) is 9.59 Å². The Morgan fingerprint density at radius 3 is 2.34 bits per heavy atom. The van der Waals surface area contributed by atoms with Gasteiger partial charge in [-0.25, -0.2) is 0 Å². The smallest absolute Gasteiger partial charge is 0.267 e. The van der Waals surface area contributed by atoms with Gasteiger partial charge in [0.25, 0.3) is 11.8 Å². The van der Waals surface area contributed by atoms with Crippen molar-refractivity contribution in [2.45, 2.75) is 6.10 Å². The first-order valence-electron chi connectivity index (χ1n) is 9.43. The highest BCUT2D eigenvalue weighted by molar-refractivity contribution is 6.30. The van der Waals surface area contributed by atoms with E-state index in [2.05, 4.69) is 0 Å². The van der Waals surface area contributed by atoms with Crippen LogP contribution >= 0.6 is 11.6 Å². The number of rotatable bonds is 4. The summed E-state index contributed by atoms with van der Waals surface area (Å²) < 4.78 is 16.9. The quantitative estimate of drug-likeness (QED) is 0.764. The Kier molecular flexibility index (Phi) is 5.76. The molecule has 0 bridgehead atoms. The van der Waals surface area contributed by atoms with Gasteiger partial charge in [-0.2, -0.15) is 0 Å². The van der Waals surface area contributed by atoms with Gasteiger partial charge in [-0.1, -0.05) is 23.7 Å². The lowest BCUT2D eigenvalue weighted by molar-refractivity contribution is -0.146. The molecule has 0 N–H and O–H groups in total. The second-order valence-corrected chi connectivity index (χ2v) is 7.25. The van der Waals surface area contributed by atoms with Crippen LogP contribution in [0.1, 0.15) is 0 Å². The molecule has 7 nitrogen and oxygen atoms in total. The molecule has 2 aromatic carbocycles. The van der Waals surface area contributed by atoms with Crippen LogP contribution in [0.4, 0.5) is 0 Å². The Bertz CT molecular complexity index is 881.